The van der Waals surface area contributed by atoms with E-state index in [1.807, 2.05) is 43.3 Å². The maximum atomic E-state index is 6.07. The third-order valence-corrected chi connectivity index (χ3v) is 4.57. The highest BCUT2D eigenvalue weighted by atomic mass is 79.9. The number of ether oxygens (including phenoxy) is 2. The van der Waals surface area contributed by atoms with Crippen LogP contribution in [0.4, 0.5) is 5.69 Å². The lowest BCUT2D eigenvalue weighted by Gasteiger charge is -2.18. The third-order valence-electron chi connectivity index (χ3n) is 3.11. The lowest BCUT2D eigenvalue weighted by Crippen LogP contribution is -2.39. The monoisotopic (exact) mass is 428 g/mol. The highest BCUT2D eigenvalue weighted by Gasteiger charge is 2.08. The highest BCUT2D eigenvalue weighted by Crippen LogP contribution is 2.26. The molecule has 2 aromatic carbocycles. The molecule has 0 spiro atoms. The van der Waals surface area contributed by atoms with Crippen LogP contribution in [0.5, 0.6) is 11.5 Å². The van der Waals surface area contributed by atoms with E-state index in [1.165, 1.54) is 0 Å². The molecule has 0 bridgehead atoms. The zero-order valence-corrected chi connectivity index (χ0v) is 16.5. The molecule has 2 rings (SSSR count). The van der Waals surface area contributed by atoms with Gasteiger partial charge in [-0.15, -0.1) is 0 Å². The molecule has 0 amide bonds. The van der Waals surface area contributed by atoms with Gasteiger partial charge < -0.3 is 20.1 Å². The van der Waals surface area contributed by atoms with Gasteiger partial charge in [0.25, 0.3) is 0 Å². The quantitative estimate of drug-likeness (QED) is 0.642. The van der Waals surface area contributed by atoms with Crippen molar-refractivity contribution in [2.45, 2.75) is 13.0 Å². The minimum Gasteiger partial charge on any atom is -0.493 e. The Balaban J connectivity index is 1.84. The Kier molecular flexibility index (Phi) is 7.15. The summed E-state index contributed by atoms with van der Waals surface area (Å²) >= 11 is 14.7. The SMILES string of the molecule is COc1ccccc1OCC(C)NC(=S)Nc1ccc(Br)c(Cl)c1. The second-order valence-electron chi connectivity index (χ2n) is 5.09. The normalized spacial score (nSPS) is 11.5. The van der Waals surface area contributed by atoms with Gasteiger partial charge in [0.2, 0.25) is 0 Å². The van der Waals surface area contributed by atoms with E-state index in [-0.39, 0.29) is 6.04 Å². The molecule has 4 nitrogen and oxygen atoms in total. The molecule has 1 unspecified atom stereocenters. The molecule has 1 atom stereocenters. The molecule has 0 fully saturated rings. The van der Waals surface area contributed by atoms with Crippen LogP contribution in [0.2, 0.25) is 5.02 Å². The fourth-order valence-electron chi connectivity index (χ4n) is 1.96. The largest absolute Gasteiger partial charge is 0.493 e. The van der Waals surface area contributed by atoms with E-state index in [9.17, 15) is 0 Å². The van der Waals surface area contributed by atoms with Crippen molar-refractivity contribution in [3.05, 3.63) is 52.0 Å². The summed E-state index contributed by atoms with van der Waals surface area (Å²) < 4.78 is 11.9. The lowest BCUT2D eigenvalue weighted by atomic mass is 10.3. The summed E-state index contributed by atoms with van der Waals surface area (Å²) in [7, 11) is 1.62. The van der Waals surface area contributed by atoms with E-state index >= 15 is 0 Å². The molecule has 0 aliphatic rings. The Morgan fingerprint density at radius 2 is 1.96 bits per heavy atom. The molecule has 0 aliphatic carbocycles. The van der Waals surface area contributed by atoms with E-state index in [2.05, 4.69) is 26.6 Å². The van der Waals surface area contributed by atoms with Crippen molar-refractivity contribution in [3.63, 3.8) is 0 Å². The fraction of sp³-hybridized carbons (Fsp3) is 0.235. The van der Waals surface area contributed by atoms with Crippen LogP contribution in [0, 0.1) is 0 Å². The number of anilines is 1. The molecule has 7 heteroatoms. The number of para-hydroxylation sites is 2. The van der Waals surface area contributed by atoms with Crippen LogP contribution in [-0.2, 0) is 0 Å². The molecule has 128 valence electrons. The first-order valence-corrected chi connectivity index (χ1v) is 8.86. The molecular weight excluding hydrogens is 412 g/mol. The number of rotatable bonds is 6. The molecule has 0 aliphatic heterocycles. The molecule has 2 N–H and O–H groups in total. The zero-order valence-electron chi connectivity index (χ0n) is 13.3. The number of hydrogen-bond acceptors (Lipinski definition) is 3. The number of halogens is 2. The summed E-state index contributed by atoms with van der Waals surface area (Å²) in [6, 6.07) is 13.1. The number of benzene rings is 2. The Labute approximate surface area is 160 Å². The standard InChI is InChI=1S/C17H18BrClN2O2S/c1-11(10-23-16-6-4-3-5-15(16)22-2)20-17(24)21-12-7-8-13(18)14(19)9-12/h3-9,11H,10H2,1-2H3,(H2,20,21,24). The van der Waals surface area contributed by atoms with Gasteiger partial charge in [0.15, 0.2) is 16.6 Å². The highest BCUT2D eigenvalue weighted by molar-refractivity contribution is 9.10. The van der Waals surface area contributed by atoms with Crippen molar-refractivity contribution in [3.8, 4) is 11.5 Å². The first kappa shape index (κ1) is 18.8. The van der Waals surface area contributed by atoms with Gasteiger partial charge >= 0.3 is 0 Å². The van der Waals surface area contributed by atoms with Crippen molar-refractivity contribution in [2.75, 3.05) is 19.0 Å². The topological polar surface area (TPSA) is 42.5 Å². The average Bonchev–Trinajstić information content (AvgIpc) is 2.56. The number of thiocarbonyl (C=S) groups is 1. The summed E-state index contributed by atoms with van der Waals surface area (Å²) in [5, 5.41) is 7.39. The summed E-state index contributed by atoms with van der Waals surface area (Å²) in [5.41, 5.74) is 0.818. The molecule has 0 saturated carbocycles. The van der Waals surface area contributed by atoms with Gasteiger partial charge in [0, 0.05) is 10.2 Å². The van der Waals surface area contributed by atoms with Crippen molar-refractivity contribution in [1.29, 1.82) is 0 Å². The molecular formula is C17H18BrClN2O2S. The van der Waals surface area contributed by atoms with Crippen LogP contribution in [0.15, 0.2) is 46.9 Å². The minimum atomic E-state index is 0.0147. The van der Waals surface area contributed by atoms with Gasteiger partial charge in [-0.25, -0.2) is 0 Å². The van der Waals surface area contributed by atoms with E-state index in [4.69, 9.17) is 33.3 Å². The van der Waals surface area contributed by atoms with Gasteiger partial charge in [-0.05, 0) is 65.4 Å². The van der Waals surface area contributed by atoms with Crippen molar-refractivity contribution in [2.24, 2.45) is 0 Å². The zero-order chi connectivity index (χ0) is 17.5. The average molecular weight is 430 g/mol. The van der Waals surface area contributed by atoms with Gasteiger partial charge in [-0.3, -0.25) is 0 Å². The molecule has 2 aromatic rings. The number of nitrogens with one attached hydrogen (secondary N) is 2. The maximum absolute atomic E-state index is 6.07. The smallest absolute Gasteiger partial charge is 0.171 e. The molecule has 0 saturated heterocycles. The summed E-state index contributed by atoms with van der Waals surface area (Å²) in [6.07, 6.45) is 0. The van der Waals surface area contributed by atoms with Gasteiger partial charge in [0.05, 0.1) is 18.2 Å². The summed E-state index contributed by atoms with van der Waals surface area (Å²) in [4.78, 5) is 0. The van der Waals surface area contributed by atoms with Crippen molar-refractivity contribution >= 4 is 50.5 Å². The first-order valence-electron chi connectivity index (χ1n) is 7.28. The van der Waals surface area contributed by atoms with Crippen LogP contribution in [0.25, 0.3) is 0 Å². The van der Waals surface area contributed by atoms with E-state index in [0.29, 0.717) is 28.2 Å². The Morgan fingerprint density at radius 3 is 2.62 bits per heavy atom. The lowest BCUT2D eigenvalue weighted by molar-refractivity contribution is 0.270. The van der Waals surface area contributed by atoms with Crippen LogP contribution >= 0.6 is 39.7 Å². The van der Waals surface area contributed by atoms with Gasteiger partial charge in [0.1, 0.15) is 6.61 Å². The molecule has 0 aromatic heterocycles. The predicted octanol–water partition coefficient (Wildman–Crippen LogP) is 4.87. The van der Waals surface area contributed by atoms with E-state index < -0.39 is 0 Å². The number of hydrogen-bond donors (Lipinski definition) is 2. The van der Waals surface area contributed by atoms with E-state index in [1.54, 1.807) is 13.2 Å². The Morgan fingerprint density at radius 1 is 1.25 bits per heavy atom. The van der Waals surface area contributed by atoms with Gasteiger partial charge in [-0.2, -0.15) is 0 Å². The molecule has 24 heavy (non-hydrogen) atoms. The van der Waals surface area contributed by atoms with Crippen LogP contribution < -0.4 is 20.1 Å². The Bertz CT molecular complexity index is 715. The van der Waals surface area contributed by atoms with E-state index in [0.717, 1.165) is 10.2 Å². The second-order valence-corrected chi connectivity index (χ2v) is 6.76. The Hall–Kier alpha value is -1.50. The van der Waals surface area contributed by atoms with Crippen molar-refractivity contribution in [1.82, 2.24) is 5.32 Å². The third kappa shape index (κ3) is 5.54. The first-order chi connectivity index (χ1) is 11.5. The van der Waals surface area contributed by atoms with Crippen molar-refractivity contribution < 1.29 is 9.47 Å². The maximum Gasteiger partial charge on any atom is 0.171 e. The molecule has 0 radical (unpaired) electrons. The number of methoxy groups -OCH3 is 1. The minimum absolute atomic E-state index is 0.0147. The molecule has 0 heterocycles. The fourth-order valence-corrected chi connectivity index (χ4v) is 2.71. The predicted molar refractivity (Wildman–Crippen MR) is 106 cm³/mol. The van der Waals surface area contributed by atoms with Crippen LogP contribution in [0.3, 0.4) is 0 Å². The second kappa shape index (κ2) is 9.11. The van der Waals surface area contributed by atoms with Crippen LogP contribution in [0.1, 0.15) is 6.92 Å². The summed E-state index contributed by atoms with van der Waals surface area (Å²) in [6.45, 7) is 2.43. The summed E-state index contributed by atoms with van der Waals surface area (Å²) in [5.74, 6) is 1.40. The van der Waals surface area contributed by atoms with Gasteiger partial charge in [-0.1, -0.05) is 23.7 Å². The van der Waals surface area contributed by atoms with Crippen LogP contribution in [-0.4, -0.2) is 24.9 Å².